The second-order valence-electron chi connectivity index (χ2n) is 4.87. The molecule has 1 unspecified atom stereocenters. The maximum atomic E-state index is 12.9. The molecule has 1 atom stereocenters. The molecule has 0 aromatic heterocycles. The van der Waals surface area contributed by atoms with E-state index in [1.165, 1.54) is 0 Å². The highest BCUT2D eigenvalue weighted by molar-refractivity contribution is 5.89. The fraction of sp³-hybridized carbons (Fsp3) is 0.429. The first-order chi connectivity index (χ1) is 9.86. The van der Waals surface area contributed by atoms with Gasteiger partial charge in [-0.3, -0.25) is 4.79 Å². The molecule has 0 saturated heterocycles. The highest BCUT2D eigenvalue weighted by Gasteiger charge is 2.08. The lowest BCUT2D eigenvalue weighted by Crippen LogP contribution is -2.30. The number of carboxylic acid groups (broad SMARTS) is 1. The van der Waals surface area contributed by atoms with Crippen molar-refractivity contribution in [2.24, 2.45) is 5.92 Å². The number of anilines is 1. The molecule has 5 nitrogen and oxygen atoms in total. The maximum absolute atomic E-state index is 12.9. The lowest BCUT2D eigenvalue weighted by molar-refractivity contribution is -0.137. The summed E-state index contributed by atoms with van der Waals surface area (Å²) in [6.45, 7) is 2.24. The summed E-state index contributed by atoms with van der Waals surface area (Å²) in [4.78, 5) is 21.9. The molecule has 0 spiro atoms. The molecule has 1 rings (SSSR count). The van der Waals surface area contributed by atoms with E-state index >= 15 is 0 Å². The SMILES string of the molecule is CC(CCNC(=O)Nc1cc(F)cc(F)c1)CCC(=O)O. The van der Waals surface area contributed by atoms with E-state index in [2.05, 4.69) is 10.6 Å². The van der Waals surface area contributed by atoms with Gasteiger partial charge in [0.1, 0.15) is 11.6 Å². The number of hydrogen-bond acceptors (Lipinski definition) is 2. The third kappa shape index (κ3) is 7.24. The Morgan fingerprint density at radius 3 is 2.38 bits per heavy atom. The summed E-state index contributed by atoms with van der Waals surface area (Å²) < 4.78 is 25.9. The largest absolute Gasteiger partial charge is 0.481 e. The zero-order chi connectivity index (χ0) is 15.8. The van der Waals surface area contributed by atoms with E-state index in [1.807, 2.05) is 6.92 Å². The van der Waals surface area contributed by atoms with Crippen molar-refractivity contribution in [3.8, 4) is 0 Å². The minimum Gasteiger partial charge on any atom is -0.481 e. The highest BCUT2D eigenvalue weighted by atomic mass is 19.1. The van der Waals surface area contributed by atoms with Gasteiger partial charge in [0.15, 0.2) is 0 Å². The van der Waals surface area contributed by atoms with Gasteiger partial charge in [0.2, 0.25) is 0 Å². The van der Waals surface area contributed by atoms with Crippen molar-refractivity contribution < 1.29 is 23.5 Å². The predicted octanol–water partition coefficient (Wildman–Crippen LogP) is 2.98. The number of carboxylic acids is 1. The number of aliphatic carboxylic acids is 1. The first kappa shape index (κ1) is 16.9. The van der Waals surface area contributed by atoms with Gasteiger partial charge in [-0.15, -0.1) is 0 Å². The molecule has 0 bridgehead atoms. The van der Waals surface area contributed by atoms with Crippen LogP contribution in [0.4, 0.5) is 19.3 Å². The molecule has 0 aliphatic heterocycles. The second kappa shape index (κ2) is 8.18. The van der Waals surface area contributed by atoms with E-state index < -0.39 is 23.6 Å². The molecular weight excluding hydrogens is 282 g/mol. The van der Waals surface area contributed by atoms with Crippen LogP contribution in [0.25, 0.3) is 0 Å². The Kier molecular flexibility index (Phi) is 6.58. The van der Waals surface area contributed by atoms with Gasteiger partial charge in [0, 0.05) is 24.7 Å². The molecule has 116 valence electrons. The van der Waals surface area contributed by atoms with Crippen LogP contribution in [-0.4, -0.2) is 23.7 Å². The zero-order valence-corrected chi connectivity index (χ0v) is 11.7. The summed E-state index contributed by atoms with van der Waals surface area (Å²) in [6, 6.07) is 2.18. The van der Waals surface area contributed by atoms with Crippen LogP contribution < -0.4 is 10.6 Å². The summed E-state index contributed by atoms with van der Waals surface area (Å²) in [6.07, 6.45) is 1.25. The molecule has 7 heteroatoms. The number of nitrogens with one attached hydrogen (secondary N) is 2. The van der Waals surface area contributed by atoms with Crippen molar-refractivity contribution in [3.05, 3.63) is 29.8 Å². The number of benzene rings is 1. The van der Waals surface area contributed by atoms with Gasteiger partial charge in [0.25, 0.3) is 0 Å². The Bertz CT molecular complexity index is 489. The number of urea groups is 1. The molecule has 1 aromatic rings. The Labute approximate surface area is 121 Å². The van der Waals surface area contributed by atoms with Gasteiger partial charge in [-0.25, -0.2) is 13.6 Å². The number of amides is 2. The molecule has 21 heavy (non-hydrogen) atoms. The van der Waals surface area contributed by atoms with Gasteiger partial charge >= 0.3 is 12.0 Å². The summed E-state index contributed by atoms with van der Waals surface area (Å²) in [5, 5.41) is 13.4. The number of halogens is 2. The molecule has 3 N–H and O–H groups in total. The Balaban J connectivity index is 2.29. The maximum Gasteiger partial charge on any atom is 0.319 e. The number of rotatable bonds is 7. The third-order valence-corrected chi connectivity index (χ3v) is 2.89. The van der Waals surface area contributed by atoms with E-state index in [-0.39, 0.29) is 18.0 Å². The van der Waals surface area contributed by atoms with Crippen molar-refractivity contribution in [2.45, 2.75) is 26.2 Å². The number of carbonyl (C=O) groups excluding carboxylic acids is 1. The van der Waals surface area contributed by atoms with Crippen molar-refractivity contribution in [3.63, 3.8) is 0 Å². The van der Waals surface area contributed by atoms with Crippen molar-refractivity contribution >= 4 is 17.7 Å². The molecular formula is C14H18F2N2O3. The van der Waals surface area contributed by atoms with E-state index in [9.17, 15) is 18.4 Å². The molecule has 0 heterocycles. The van der Waals surface area contributed by atoms with Crippen LogP contribution in [0, 0.1) is 17.6 Å². The minimum atomic E-state index is -0.847. The lowest BCUT2D eigenvalue weighted by atomic mass is 10.0. The molecule has 0 aliphatic carbocycles. The highest BCUT2D eigenvalue weighted by Crippen LogP contribution is 2.13. The molecule has 0 saturated carbocycles. The summed E-state index contributed by atoms with van der Waals surface area (Å²) >= 11 is 0. The lowest BCUT2D eigenvalue weighted by Gasteiger charge is -2.11. The fourth-order valence-corrected chi connectivity index (χ4v) is 1.75. The first-order valence-corrected chi connectivity index (χ1v) is 6.59. The average molecular weight is 300 g/mol. The third-order valence-electron chi connectivity index (χ3n) is 2.89. The van der Waals surface area contributed by atoms with Crippen LogP contribution in [0.3, 0.4) is 0 Å². The number of carbonyl (C=O) groups is 2. The van der Waals surface area contributed by atoms with Crippen molar-refractivity contribution in [1.29, 1.82) is 0 Å². The van der Waals surface area contributed by atoms with E-state index in [0.29, 0.717) is 25.5 Å². The van der Waals surface area contributed by atoms with Crippen LogP contribution in [0.1, 0.15) is 26.2 Å². The van der Waals surface area contributed by atoms with Gasteiger partial charge in [-0.1, -0.05) is 6.92 Å². The van der Waals surface area contributed by atoms with Gasteiger partial charge in [0.05, 0.1) is 0 Å². The molecule has 0 radical (unpaired) electrons. The van der Waals surface area contributed by atoms with Crippen LogP contribution in [0.5, 0.6) is 0 Å². The zero-order valence-electron chi connectivity index (χ0n) is 11.7. The first-order valence-electron chi connectivity index (χ1n) is 6.59. The summed E-state index contributed by atoms with van der Waals surface area (Å²) in [5.74, 6) is -2.23. The Morgan fingerprint density at radius 2 is 1.81 bits per heavy atom. The Morgan fingerprint density at radius 1 is 1.19 bits per heavy atom. The summed E-state index contributed by atoms with van der Waals surface area (Å²) in [5.41, 5.74) is 0.0314. The smallest absolute Gasteiger partial charge is 0.319 e. The van der Waals surface area contributed by atoms with Crippen LogP contribution in [-0.2, 0) is 4.79 Å². The summed E-state index contributed by atoms with van der Waals surface area (Å²) in [7, 11) is 0. The van der Waals surface area contributed by atoms with Gasteiger partial charge < -0.3 is 15.7 Å². The number of hydrogen-bond donors (Lipinski definition) is 3. The van der Waals surface area contributed by atoms with E-state index in [0.717, 1.165) is 12.1 Å². The van der Waals surface area contributed by atoms with Gasteiger partial charge in [-0.2, -0.15) is 0 Å². The second-order valence-corrected chi connectivity index (χ2v) is 4.87. The van der Waals surface area contributed by atoms with Crippen LogP contribution >= 0.6 is 0 Å². The topological polar surface area (TPSA) is 78.4 Å². The van der Waals surface area contributed by atoms with E-state index in [1.54, 1.807) is 0 Å². The average Bonchev–Trinajstić information content (AvgIpc) is 2.34. The van der Waals surface area contributed by atoms with Crippen molar-refractivity contribution in [1.82, 2.24) is 5.32 Å². The van der Waals surface area contributed by atoms with Gasteiger partial charge in [-0.05, 0) is 30.9 Å². The normalized spacial score (nSPS) is 11.8. The monoisotopic (exact) mass is 300 g/mol. The van der Waals surface area contributed by atoms with Crippen molar-refractivity contribution in [2.75, 3.05) is 11.9 Å². The molecule has 2 amide bonds. The van der Waals surface area contributed by atoms with E-state index in [4.69, 9.17) is 5.11 Å². The standard InChI is InChI=1S/C14H18F2N2O3/c1-9(2-3-13(19)20)4-5-17-14(21)18-12-7-10(15)6-11(16)8-12/h6-9H,2-5H2,1H3,(H,19,20)(H2,17,18,21). The van der Waals surface area contributed by atoms with Crippen LogP contribution in [0.15, 0.2) is 18.2 Å². The minimum absolute atomic E-state index is 0.0314. The quantitative estimate of drug-likeness (QED) is 0.724. The molecule has 1 aromatic carbocycles. The van der Waals surface area contributed by atoms with Crippen LogP contribution in [0.2, 0.25) is 0 Å². The fourth-order valence-electron chi connectivity index (χ4n) is 1.75. The molecule has 0 aliphatic rings. The predicted molar refractivity (Wildman–Crippen MR) is 74.0 cm³/mol. The Hall–Kier alpha value is -2.18. The molecule has 0 fully saturated rings.